The normalized spacial score (nSPS) is 11.5. The molecule has 24 rings (SSSR count). The lowest BCUT2D eigenvalue weighted by molar-refractivity contribution is 1.13. The molecule has 20 aromatic carbocycles. The summed E-state index contributed by atoms with van der Waals surface area (Å²) in [6.45, 7) is 0. The molecule has 126 heavy (non-hydrogen) atoms. The van der Waals surface area contributed by atoms with E-state index in [9.17, 15) is 0 Å². The lowest BCUT2D eigenvalue weighted by Crippen LogP contribution is -2.10. The lowest BCUT2D eigenvalue weighted by Gasteiger charge is -2.27. The summed E-state index contributed by atoms with van der Waals surface area (Å²) in [4.78, 5) is 4.67. The number of hydrogen-bond acceptors (Lipinski definition) is 2. The van der Waals surface area contributed by atoms with Gasteiger partial charge < -0.3 is 28.1 Å². The molecule has 0 aliphatic heterocycles. The van der Waals surface area contributed by atoms with Crippen LogP contribution in [-0.4, -0.2) is 18.3 Å². The summed E-state index contributed by atoms with van der Waals surface area (Å²) in [5.74, 6) is 0. The van der Waals surface area contributed by atoms with Crippen molar-refractivity contribution in [3.8, 4) is 89.5 Å². The number of nitrogens with zero attached hydrogens (tertiary/aromatic N) is 6. The first-order chi connectivity index (χ1) is 62.5. The van der Waals surface area contributed by atoms with Gasteiger partial charge in [0.25, 0.3) is 0 Å². The Bertz CT molecular complexity index is 7370. The van der Waals surface area contributed by atoms with Crippen LogP contribution in [-0.2, 0) is 0 Å². The third-order valence-corrected chi connectivity index (χ3v) is 25.0. The van der Waals surface area contributed by atoms with Gasteiger partial charge in [-0.05, 0) is 237 Å². The molecule has 0 unspecified atom stereocenters. The minimum absolute atomic E-state index is 1.09. The molecule has 6 heteroatoms. The van der Waals surface area contributed by atoms with E-state index in [1.807, 2.05) is 0 Å². The van der Waals surface area contributed by atoms with E-state index in [1.165, 1.54) is 143 Å². The summed E-state index contributed by atoms with van der Waals surface area (Å²) in [6.07, 6.45) is 0. The molecule has 0 saturated carbocycles. The summed E-state index contributed by atoms with van der Waals surface area (Å²) in [7, 11) is 0. The van der Waals surface area contributed by atoms with Crippen molar-refractivity contribution in [2.24, 2.45) is 0 Å². The molecule has 4 heterocycles. The molecule has 0 bridgehead atoms. The fourth-order valence-corrected chi connectivity index (χ4v) is 19.0. The van der Waals surface area contributed by atoms with E-state index in [0.717, 1.165) is 68.0 Å². The quantitative estimate of drug-likeness (QED) is 0.0964. The van der Waals surface area contributed by atoms with Crippen molar-refractivity contribution in [1.82, 2.24) is 18.3 Å². The molecule has 0 fully saturated rings. The highest BCUT2D eigenvalue weighted by atomic mass is 15.1. The van der Waals surface area contributed by atoms with Gasteiger partial charge in [0.05, 0.1) is 44.1 Å². The Kier molecular flexibility index (Phi) is 18.8. The van der Waals surface area contributed by atoms with Gasteiger partial charge in [-0.25, -0.2) is 0 Å². The molecule has 0 N–H and O–H groups in total. The van der Waals surface area contributed by atoms with Gasteiger partial charge in [-0.15, -0.1) is 0 Å². The highest BCUT2D eigenvalue weighted by Crippen LogP contribution is 2.45. The van der Waals surface area contributed by atoms with E-state index in [4.69, 9.17) is 0 Å². The highest BCUT2D eigenvalue weighted by molar-refractivity contribution is 6.14. The number of rotatable bonds is 16. The molecular weight excluding hydrogens is 1530 g/mol. The van der Waals surface area contributed by atoms with Crippen LogP contribution in [0.4, 0.5) is 34.1 Å². The fraction of sp³-hybridized carbons (Fsp3) is 0. The van der Waals surface area contributed by atoms with Crippen molar-refractivity contribution < 1.29 is 0 Å². The van der Waals surface area contributed by atoms with Crippen molar-refractivity contribution in [1.29, 1.82) is 0 Å². The molecule has 0 saturated heterocycles. The summed E-state index contributed by atoms with van der Waals surface area (Å²) in [6, 6.07) is 180. The zero-order valence-corrected chi connectivity index (χ0v) is 69.0. The minimum Gasteiger partial charge on any atom is -0.311 e. The summed E-state index contributed by atoms with van der Waals surface area (Å²) in [5, 5.41) is 10.0. The molecule has 6 nitrogen and oxygen atoms in total. The largest absolute Gasteiger partial charge is 0.311 e. The average Bonchev–Trinajstić information content (AvgIpc) is 1.58. The highest BCUT2D eigenvalue weighted by Gasteiger charge is 2.23. The Morgan fingerprint density at radius 3 is 0.492 bits per heavy atom. The van der Waals surface area contributed by atoms with Crippen LogP contribution >= 0.6 is 0 Å². The smallest absolute Gasteiger partial charge is 0.0541 e. The summed E-state index contributed by atoms with van der Waals surface area (Å²) < 4.78 is 9.65. The average molecular weight is 1610 g/mol. The SMILES string of the molecule is c1cc(-n2c3ccccc3c3ccccc32)cc(-n2c3ccccc3c3cc(-c4ccc5c(c4)c4ccccc4n5-c4cccc(-n5c6ccccc6c6ccccc65)c4)ccc32)c1.c1ccc(-c2ccc(N(c3ccc(-c4ccccc4)cc3)c3ccc(-c4ccc(N(c5ccc(-c6ccccc6)cc5)c5ccc(-c6ccccc6)cc5)cc4)cc3)cc2)cc1. The van der Waals surface area contributed by atoms with Crippen molar-refractivity contribution in [2.75, 3.05) is 9.80 Å². The second-order valence-electron chi connectivity index (χ2n) is 32.4. The predicted molar refractivity (Wildman–Crippen MR) is 532 cm³/mol. The molecule has 0 spiro atoms. The third-order valence-electron chi connectivity index (χ3n) is 25.0. The van der Waals surface area contributed by atoms with Gasteiger partial charge in [0, 0.05) is 100.0 Å². The lowest BCUT2D eigenvalue weighted by atomic mass is 10.0. The number of aromatic nitrogens is 4. The zero-order chi connectivity index (χ0) is 83.4. The van der Waals surface area contributed by atoms with Crippen LogP contribution in [0.25, 0.3) is 177 Å². The monoisotopic (exact) mass is 1610 g/mol. The van der Waals surface area contributed by atoms with Crippen LogP contribution in [0.3, 0.4) is 0 Å². The van der Waals surface area contributed by atoms with Gasteiger partial charge in [-0.2, -0.15) is 0 Å². The molecule has 0 radical (unpaired) electrons. The topological polar surface area (TPSA) is 26.2 Å². The fourth-order valence-electron chi connectivity index (χ4n) is 19.0. The van der Waals surface area contributed by atoms with Gasteiger partial charge in [-0.1, -0.05) is 328 Å². The molecule has 592 valence electrons. The third kappa shape index (κ3) is 13.5. The van der Waals surface area contributed by atoms with Crippen LogP contribution in [0.2, 0.25) is 0 Å². The van der Waals surface area contributed by atoms with Crippen molar-refractivity contribution in [2.45, 2.75) is 0 Å². The Hall–Kier alpha value is -16.8. The van der Waals surface area contributed by atoms with Crippen LogP contribution in [0.5, 0.6) is 0 Å². The van der Waals surface area contributed by atoms with Gasteiger partial charge in [0.15, 0.2) is 0 Å². The van der Waals surface area contributed by atoms with E-state index in [1.54, 1.807) is 0 Å². The van der Waals surface area contributed by atoms with E-state index < -0.39 is 0 Å². The van der Waals surface area contributed by atoms with Crippen LogP contribution in [0, 0.1) is 0 Å². The standard InChI is InChI=1S/C60H38N4.C60H44N2/c1-7-25-53-45(19-1)46-20-2-8-26-54(46)61(53)41-15-13-17-43(37-41)63-57-29-11-5-23-49(57)51-35-39(31-33-59(51)63)40-32-34-60-52(36-40)50-24-6-12-30-58(50)64(60)44-18-14-16-42(38-44)62-55-27-9-3-21-47(55)48-22-4-10-28-56(48)62;1-5-13-45(14-6-1)49-21-33-55(34-22-49)61(56-35-23-50(24-36-56)46-15-7-2-8-16-46)59-41-29-53(30-42-59)54-31-43-60(44-32-54)62(57-37-25-51(26-38-57)47-17-9-3-10-18-47)58-39-27-52(28-40-58)48-19-11-4-12-20-48/h1-38H;1-44H. The Morgan fingerprint density at radius 2 is 0.278 bits per heavy atom. The van der Waals surface area contributed by atoms with E-state index in [2.05, 4.69) is 526 Å². The number of anilines is 6. The molecule has 0 atom stereocenters. The molecule has 4 aromatic heterocycles. The molecule has 0 aliphatic carbocycles. The molecule has 24 aromatic rings. The number of fused-ring (bicyclic) bond motifs is 12. The maximum atomic E-state index is 2.43. The van der Waals surface area contributed by atoms with Gasteiger partial charge in [-0.3, -0.25) is 0 Å². The Morgan fingerprint density at radius 1 is 0.111 bits per heavy atom. The summed E-state index contributed by atoms with van der Waals surface area (Å²) >= 11 is 0. The first-order valence-corrected chi connectivity index (χ1v) is 43.2. The second kappa shape index (κ2) is 32.0. The van der Waals surface area contributed by atoms with Crippen LogP contribution in [0.1, 0.15) is 0 Å². The van der Waals surface area contributed by atoms with E-state index >= 15 is 0 Å². The maximum Gasteiger partial charge on any atom is 0.0541 e. The van der Waals surface area contributed by atoms with Crippen molar-refractivity contribution in [3.05, 3.63) is 497 Å². The Labute approximate surface area is 731 Å². The van der Waals surface area contributed by atoms with E-state index in [-0.39, 0.29) is 0 Å². The maximum absolute atomic E-state index is 2.43. The second-order valence-corrected chi connectivity index (χ2v) is 32.4. The van der Waals surface area contributed by atoms with Gasteiger partial charge >= 0.3 is 0 Å². The van der Waals surface area contributed by atoms with Crippen molar-refractivity contribution >= 4 is 121 Å². The summed E-state index contributed by atoms with van der Waals surface area (Å²) in [5.41, 5.74) is 35.0. The Balaban J connectivity index is 0.000000145. The van der Waals surface area contributed by atoms with E-state index in [0.29, 0.717) is 0 Å². The van der Waals surface area contributed by atoms with Crippen LogP contribution < -0.4 is 9.80 Å². The number of benzene rings is 20. The minimum atomic E-state index is 1.09. The zero-order valence-electron chi connectivity index (χ0n) is 69.0. The van der Waals surface area contributed by atoms with Crippen molar-refractivity contribution in [3.63, 3.8) is 0 Å². The van der Waals surface area contributed by atoms with Gasteiger partial charge in [0.1, 0.15) is 0 Å². The predicted octanol–water partition coefficient (Wildman–Crippen LogP) is 32.7. The molecule has 0 aliphatic rings. The van der Waals surface area contributed by atoms with Crippen LogP contribution in [0.15, 0.2) is 497 Å². The number of hydrogen-bond donors (Lipinski definition) is 0. The first kappa shape index (κ1) is 74.3. The molecular formula is C120H82N6. The molecule has 0 amide bonds. The van der Waals surface area contributed by atoms with Gasteiger partial charge in [0.2, 0.25) is 0 Å². The first-order valence-electron chi connectivity index (χ1n) is 43.2. The number of para-hydroxylation sites is 6.